The lowest BCUT2D eigenvalue weighted by molar-refractivity contribution is 0.318. The number of aromatic nitrogens is 2. The van der Waals surface area contributed by atoms with Crippen LogP contribution in [0.5, 0.6) is 0 Å². The molecule has 8 heteroatoms. The molecule has 6 nitrogen and oxygen atoms in total. The fraction of sp³-hybridized carbons (Fsp3) is 0.500. The smallest absolute Gasteiger partial charge is 0.232 e. The molecule has 2 N–H and O–H groups in total. The minimum atomic E-state index is -0.156. The first-order valence-electron chi connectivity index (χ1n) is 8.48. The summed E-state index contributed by atoms with van der Waals surface area (Å²) < 4.78 is 5.29. The van der Waals surface area contributed by atoms with Gasteiger partial charge in [0.1, 0.15) is 6.54 Å². The van der Waals surface area contributed by atoms with E-state index in [-0.39, 0.29) is 29.4 Å². The molecule has 0 saturated carbocycles. The Balaban J connectivity index is 0.00000338. The van der Waals surface area contributed by atoms with Crippen molar-refractivity contribution >= 4 is 41.5 Å². The van der Waals surface area contributed by atoms with Gasteiger partial charge in [-0.15, -0.1) is 24.0 Å². The molecule has 2 rings (SSSR count). The molecule has 2 aromatic rings. The Bertz CT molecular complexity index is 694. The average Bonchev–Trinajstić information content (AvgIpc) is 3.04. The number of aliphatic imine (C=N–C) groups is 1. The maximum Gasteiger partial charge on any atom is 0.232 e. The van der Waals surface area contributed by atoms with Crippen LogP contribution in [0.1, 0.15) is 45.0 Å². The Kier molecular flexibility index (Phi) is 9.35. The van der Waals surface area contributed by atoms with Crippen LogP contribution in [-0.4, -0.2) is 29.2 Å². The van der Waals surface area contributed by atoms with Crippen LogP contribution in [0.25, 0.3) is 0 Å². The fourth-order valence-electron chi connectivity index (χ4n) is 2.09. The first kappa shape index (κ1) is 22.7. The molecule has 0 amide bonds. The third-order valence-electron chi connectivity index (χ3n) is 3.45. The van der Waals surface area contributed by atoms with Crippen molar-refractivity contribution in [2.75, 3.05) is 13.1 Å². The molecule has 0 spiro atoms. The standard InChI is InChI=1S/C18H26ClN5O.HI/c1-5-20-17(21-11-10-13-6-8-14(19)9-7-13)22-12-15-23-16(25-24-15)18(2,3)4;/h6-9H,5,10-12H2,1-4H3,(H2,20,21,22);1H. The number of halogens is 2. The summed E-state index contributed by atoms with van der Waals surface area (Å²) in [4.78, 5) is 8.91. The second-order valence-corrected chi connectivity index (χ2v) is 7.20. The van der Waals surface area contributed by atoms with Crippen molar-refractivity contribution in [3.05, 3.63) is 46.6 Å². The van der Waals surface area contributed by atoms with E-state index >= 15 is 0 Å². The summed E-state index contributed by atoms with van der Waals surface area (Å²) in [6.07, 6.45) is 0.887. The zero-order chi connectivity index (χ0) is 18.3. The molecule has 0 aliphatic carbocycles. The second kappa shape index (κ2) is 10.7. The largest absolute Gasteiger partial charge is 0.357 e. The molecule has 1 heterocycles. The monoisotopic (exact) mass is 491 g/mol. The minimum absolute atomic E-state index is 0. The zero-order valence-corrected chi connectivity index (χ0v) is 18.8. The normalized spacial score (nSPS) is 11.8. The van der Waals surface area contributed by atoms with E-state index < -0.39 is 0 Å². The summed E-state index contributed by atoms with van der Waals surface area (Å²) >= 11 is 5.90. The van der Waals surface area contributed by atoms with Crippen molar-refractivity contribution in [2.24, 2.45) is 4.99 Å². The number of benzene rings is 1. The van der Waals surface area contributed by atoms with E-state index in [0.29, 0.717) is 18.3 Å². The highest BCUT2D eigenvalue weighted by molar-refractivity contribution is 14.0. The molecule has 26 heavy (non-hydrogen) atoms. The third-order valence-corrected chi connectivity index (χ3v) is 3.70. The lowest BCUT2D eigenvalue weighted by atomic mass is 9.97. The molecule has 0 radical (unpaired) electrons. The Morgan fingerprint density at radius 3 is 2.46 bits per heavy atom. The zero-order valence-electron chi connectivity index (χ0n) is 15.7. The van der Waals surface area contributed by atoms with Gasteiger partial charge < -0.3 is 15.2 Å². The molecular weight excluding hydrogens is 465 g/mol. The van der Waals surface area contributed by atoms with Gasteiger partial charge in [0.25, 0.3) is 0 Å². The molecule has 0 saturated heterocycles. The molecule has 0 aliphatic heterocycles. The van der Waals surface area contributed by atoms with Crippen LogP contribution in [0.15, 0.2) is 33.8 Å². The number of hydrogen-bond acceptors (Lipinski definition) is 4. The highest BCUT2D eigenvalue weighted by Crippen LogP contribution is 2.19. The van der Waals surface area contributed by atoms with Crippen LogP contribution in [0.2, 0.25) is 5.02 Å². The van der Waals surface area contributed by atoms with Gasteiger partial charge in [-0.25, -0.2) is 4.99 Å². The van der Waals surface area contributed by atoms with Crippen molar-refractivity contribution in [3.63, 3.8) is 0 Å². The van der Waals surface area contributed by atoms with Gasteiger partial charge in [-0.2, -0.15) is 4.98 Å². The van der Waals surface area contributed by atoms with Crippen LogP contribution in [-0.2, 0) is 18.4 Å². The van der Waals surface area contributed by atoms with Crippen LogP contribution in [0.4, 0.5) is 0 Å². The Morgan fingerprint density at radius 1 is 1.19 bits per heavy atom. The number of rotatable bonds is 6. The van der Waals surface area contributed by atoms with Gasteiger partial charge in [0.05, 0.1) is 0 Å². The summed E-state index contributed by atoms with van der Waals surface area (Å²) in [6.45, 7) is 10.1. The van der Waals surface area contributed by atoms with E-state index in [1.54, 1.807) is 0 Å². The molecule has 0 atom stereocenters. The molecule has 0 fully saturated rings. The topological polar surface area (TPSA) is 75.3 Å². The SMILES string of the molecule is CCNC(=NCc1noc(C(C)(C)C)n1)NCCc1ccc(Cl)cc1.I. The maximum absolute atomic E-state index is 5.90. The summed E-state index contributed by atoms with van der Waals surface area (Å²) in [6, 6.07) is 7.86. The van der Waals surface area contributed by atoms with E-state index in [9.17, 15) is 0 Å². The van der Waals surface area contributed by atoms with Gasteiger partial charge in [0, 0.05) is 23.5 Å². The summed E-state index contributed by atoms with van der Waals surface area (Å²) in [5.41, 5.74) is 1.07. The van der Waals surface area contributed by atoms with Gasteiger partial charge in [-0.3, -0.25) is 0 Å². The lowest BCUT2D eigenvalue weighted by Gasteiger charge is -2.11. The van der Waals surface area contributed by atoms with E-state index in [1.165, 1.54) is 5.56 Å². The number of nitrogens with one attached hydrogen (secondary N) is 2. The lowest BCUT2D eigenvalue weighted by Crippen LogP contribution is -2.38. The summed E-state index contributed by atoms with van der Waals surface area (Å²) in [5, 5.41) is 11.3. The molecule has 0 aliphatic rings. The number of hydrogen-bond donors (Lipinski definition) is 2. The van der Waals surface area contributed by atoms with Crippen LogP contribution in [0.3, 0.4) is 0 Å². The second-order valence-electron chi connectivity index (χ2n) is 6.76. The Morgan fingerprint density at radius 2 is 1.88 bits per heavy atom. The van der Waals surface area contributed by atoms with E-state index in [1.807, 2.05) is 52.0 Å². The van der Waals surface area contributed by atoms with Gasteiger partial charge in [-0.05, 0) is 31.0 Å². The first-order valence-corrected chi connectivity index (χ1v) is 8.86. The summed E-state index contributed by atoms with van der Waals surface area (Å²) in [7, 11) is 0. The summed E-state index contributed by atoms with van der Waals surface area (Å²) in [5.74, 6) is 1.94. The Hall–Kier alpha value is -1.35. The predicted octanol–water partition coefficient (Wildman–Crippen LogP) is 3.94. The molecule has 1 aromatic heterocycles. The highest BCUT2D eigenvalue weighted by atomic mass is 127. The molecule has 1 aromatic carbocycles. The Labute approximate surface area is 177 Å². The van der Waals surface area contributed by atoms with Crippen LogP contribution in [0, 0.1) is 0 Å². The molecule has 0 unspecified atom stereocenters. The van der Waals surface area contributed by atoms with Crippen molar-refractivity contribution < 1.29 is 4.52 Å². The van der Waals surface area contributed by atoms with Gasteiger partial charge in [0.2, 0.25) is 5.89 Å². The van der Waals surface area contributed by atoms with Gasteiger partial charge in [0.15, 0.2) is 11.8 Å². The van der Waals surface area contributed by atoms with E-state index in [0.717, 1.165) is 30.5 Å². The van der Waals surface area contributed by atoms with Crippen molar-refractivity contribution in [1.82, 2.24) is 20.8 Å². The fourth-order valence-corrected chi connectivity index (χ4v) is 2.22. The average molecular weight is 492 g/mol. The van der Waals surface area contributed by atoms with Crippen molar-refractivity contribution in [2.45, 2.75) is 46.1 Å². The predicted molar refractivity (Wildman–Crippen MR) is 116 cm³/mol. The van der Waals surface area contributed by atoms with Crippen molar-refractivity contribution in [3.8, 4) is 0 Å². The molecule has 144 valence electrons. The number of nitrogens with zero attached hydrogens (tertiary/aromatic N) is 3. The number of guanidine groups is 1. The van der Waals surface area contributed by atoms with Crippen molar-refractivity contribution in [1.29, 1.82) is 0 Å². The minimum Gasteiger partial charge on any atom is -0.357 e. The first-order chi connectivity index (χ1) is 11.9. The quantitative estimate of drug-likeness (QED) is 0.364. The van der Waals surface area contributed by atoms with Crippen LogP contribution < -0.4 is 10.6 Å². The third kappa shape index (κ3) is 7.49. The molecule has 0 bridgehead atoms. The van der Waals surface area contributed by atoms with E-state index in [4.69, 9.17) is 16.1 Å². The highest BCUT2D eigenvalue weighted by Gasteiger charge is 2.21. The van der Waals surface area contributed by atoms with Crippen LogP contribution >= 0.6 is 35.6 Å². The van der Waals surface area contributed by atoms with Gasteiger partial charge >= 0.3 is 0 Å². The molecular formula is C18H27ClIN5O. The van der Waals surface area contributed by atoms with Gasteiger partial charge in [-0.1, -0.05) is 49.7 Å². The van der Waals surface area contributed by atoms with E-state index in [2.05, 4.69) is 25.8 Å². The maximum atomic E-state index is 5.90.